The maximum atomic E-state index is 9.39. The number of pyridine rings is 1. The zero-order valence-electron chi connectivity index (χ0n) is 11.3. The first kappa shape index (κ1) is 12.3. The molecular formula is C18H14N2. The lowest BCUT2D eigenvalue weighted by Crippen LogP contribution is -1.94. The largest absolute Gasteiger partial charge is 0.315 e. The minimum absolute atomic E-state index is 0.720. The van der Waals surface area contributed by atoms with Crippen molar-refractivity contribution in [1.82, 2.24) is 4.40 Å². The molecule has 0 aliphatic heterocycles. The SMILES string of the molecule is C=C(c1ccccc1)c1c(C)c(C#N)c2ccccn12. The summed E-state index contributed by atoms with van der Waals surface area (Å²) in [6.45, 7) is 6.20. The summed E-state index contributed by atoms with van der Waals surface area (Å²) in [5, 5.41) is 9.39. The van der Waals surface area contributed by atoms with Crippen molar-refractivity contribution in [2.24, 2.45) is 0 Å². The van der Waals surface area contributed by atoms with Crippen LogP contribution in [-0.4, -0.2) is 4.40 Å². The van der Waals surface area contributed by atoms with E-state index in [1.165, 1.54) is 0 Å². The highest BCUT2D eigenvalue weighted by Gasteiger charge is 2.17. The Morgan fingerprint density at radius 1 is 1.10 bits per heavy atom. The van der Waals surface area contributed by atoms with Gasteiger partial charge in [-0.1, -0.05) is 43.0 Å². The highest BCUT2D eigenvalue weighted by molar-refractivity contribution is 5.83. The maximum Gasteiger partial charge on any atom is 0.102 e. The van der Waals surface area contributed by atoms with Gasteiger partial charge in [-0.05, 0) is 35.8 Å². The number of hydrogen-bond donors (Lipinski definition) is 0. The number of benzene rings is 1. The van der Waals surface area contributed by atoms with Gasteiger partial charge in [0.25, 0.3) is 0 Å². The molecule has 0 amide bonds. The van der Waals surface area contributed by atoms with Gasteiger partial charge >= 0.3 is 0 Å². The molecule has 0 fully saturated rings. The molecule has 0 spiro atoms. The summed E-state index contributed by atoms with van der Waals surface area (Å²) in [5.74, 6) is 0. The van der Waals surface area contributed by atoms with Crippen LogP contribution in [0.2, 0.25) is 0 Å². The van der Waals surface area contributed by atoms with Gasteiger partial charge in [0, 0.05) is 6.20 Å². The fourth-order valence-electron chi connectivity index (χ4n) is 2.62. The molecule has 2 heterocycles. The second-order valence-corrected chi connectivity index (χ2v) is 4.76. The van der Waals surface area contributed by atoms with Crippen LogP contribution in [0.1, 0.15) is 22.4 Å². The zero-order chi connectivity index (χ0) is 14.1. The standard InChI is InChI=1S/C18H14N2/c1-13(15-8-4-3-5-9-15)18-14(2)16(12-19)17-10-6-7-11-20(17)18/h3-11H,1H2,2H3. The van der Waals surface area contributed by atoms with E-state index in [0.29, 0.717) is 0 Å². The van der Waals surface area contributed by atoms with E-state index in [4.69, 9.17) is 0 Å². The Kier molecular flexibility index (Phi) is 2.89. The van der Waals surface area contributed by atoms with Gasteiger partial charge in [-0.2, -0.15) is 5.26 Å². The normalized spacial score (nSPS) is 10.4. The second-order valence-electron chi connectivity index (χ2n) is 4.76. The van der Waals surface area contributed by atoms with Gasteiger partial charge in [-0.3, -0.25) is 0 Å². The van der Waals surface area contributed by atoms with Crippen LogP contribution in [0.5, 0.6) is 0 Å². The third kappa shape index (κ3) is 1.72. The predicted molar refractivity (Wildman–Crippen MR) is 81.4 cm³/mol. The van der Waals surface area contributed by atoms with Crippen LogP contribution in [-0.2, 0) is 0 Å². The molecule has 20 heavy (non-hydrogen) atoms. The Morgan fingerprint density at radius 3 is 2.50 bits per heavy atom. The van der Waals surface area contributed by atoms with E-state index in [0.717, 1.165) is 33.5 Å². The van der Waals surface area contributed by atoms with Crippen LogP contribution >= 0.6 is 0 Å². The quantitative estimate of drug-likeness (QED) is 0.677. The van der Waals surface area contributed by atoms with Gasteiger partial charge in [-0.15, -0.1) is 0 Å². The zero-order valence-corrected chi connectivity index (χ0v) is 11.3. The second kappa shape index (κ2) is 4.71. The van der Waals surface area contributed by atoms with Gasteiger partial charge in [0.15, 0.2) is 0 Å². The lowest BCUT2D eigenvalue weighted by Gasteiger charge is -2.08. The number of hydrogen-bond acceptors (Lipinski definition) is 1. The lowest BCUT2D eigenvalue weighted by atomic mass is 10.0. The third-order valence-corrected chi connectivity index (χ3v) is 3.61. The molecule has 0 radical (unpaired) electrons. The maximum absolute atomic E-state index is 9.39. The predicted octanol–water partition coefficient (Wildman–Crippen LogP) is 4.18. The molecule has 0 bridgehead atoms. The van der Waals surface area contributed by atoms with Crippen molar-refractivity contribution in [2.45, 2.75) is 6.92 Å². The van der Waals surface area contributed by atoms with Crippen molar-refractivity contribution < 1.29 is 0 Å². The number of rotatable bonds is 2. The van der Waals surface area contributed by atoms with Crippen LogP contribution in [0.25, 0.3) is 11.1 Å². The van der Waals surface area contributed by atoms with Crippen LogP contribution in [0.3, 0.4) is 0 Å². The molecule has 2 aromatic heterocycles. The summed E-state index contributed by atoms with van der Waals surface area (Å²) in [6.07, 6.45) is 1.98. The van der Waals surface area contributed by atoms with E-state index in [9.17, 15) is 5.26 Å². The van der Waals surface area contributed by atoms with Crippen LogP contribution < -0.4 is 0 Å². The fourth-order valence-corrected chi connectivity index (χ4v) is 2.62. The average Bonchev–Trinajstić information content (AvgIpc) is 2.79. The van der Waals surface area contributed by atoms with E-state index < -0.39 is 0 Å². The summed E-state index contributed by atoms with van der Waals surface area (Å²) < 4.78 is 2.04. The Hall–Kier alpha value is -2.79. The first-order valence-corrected chi connectivity index (χ1v) is 6.48. The van der Waals surface area contributed by atoms with Gasteiger partial charge in [0.1, 0.15) is 6.07 Å². The van der Waals surface area contributed by atoms with Crippen molar-refractivity contribution in [3.63, 3.8) is 0 Å². The summed E-state index contributed by atoms with van der Waals surface area (Å²) in [4.78, 5) is 0. The lowest BCUT2D eigenvalue weighted by molar-refractivity contribution is 1.15. The summed E-state index contributed by atoms with van der Waals surface area (Å²) in [7, 11) is 0. The van der Waals surface area contributed by atoms with Crippen LogP contribution in [0.4, 0.5) is 0 Å². The molecule has 1 aromatic carbocycles. The smallest absolute Gasteiger partial charge is 0.102 e. The number of aromatic nitrogens is 1. The van der Waals surface area contributed by atoms with Crippen LogP contribution in [0, 0.1) is 18.3 Å². The van der Waals surface area contributed by atoms with E-state index in [-0.39, 0.29) is 0 Å². The summed E-state index contributed by atoms with van der Waals surface area (Å²) >= 11 is 0. The Morgan fingerprint density at radius 2 is 1.80 bits per heavy atom. The minimum Gasteiger partial charge on any atom is -0.315 e. The first-order valence-electron chi connectivity index (χ1n) is 6.48. The highest BCUT2D eigenvalue weighted by atomic mass is 14.9. The van der Waals surface area contributed by atoms with Crippen molar-refractivity contribution in [2.75, 3.05) is 0 Å². The number of nitrogens with zero attached hydrogens (tertiary/aromatic N) is 2. The van der Waals surface area contributed by atoms with E-state index >= 15 is 0 Å². The van der Waals surface area contributed by atoms with Crippen molar-refractivity contribution in [1.29, 1.82) is 5.26 Å². The number of fused-ring (bicyclic) bond motifs is 1. The van der Waals surface area contributed by atoms with E-state index in [1.807, 2.05) is 66.1 Å². The molecule has 2 heteroatoms. The molecule has 0 saturated heterocycles. The molecule has 3 rings (SSSR count). The topological polar surface area (TPSA) is 28.2 Å². The Labute approximate surface area is 118 Å². The monoisotopic (exact) mass is 258 g/mol. The van der Waals surface area contributed by atoms with Gasteiger partial charge in [0.05, 0.1) is 16.8 Å². The van der Waals surface area contributed by atoms with E-state index in [1.54, 1.807) is 0 Å². The highest BCUT2D eigenvalue weighted by Crippen LogP contribution is 2.30. The summed E-state index contributed by atoms with van der Waals surface area (Å²) in [6, 6.07) is 18.2. The fraction of sp³-hybridized carbons (Fsp3) is 0.0556. The Balaban J connectivity index is 2.30. The molecule has 0 aliphatic rings. The molecule has 96 valence electrons. The van der Waals surface area contributed by atoms with Gasteiger partial charge < -0.3 is 4.40 Å². The molecule has 3 aromatic rings. The Bertz CT molecular complexity index is 833. The van der Waals surface area contributed by atoms with Crippen molar-refractivity contribution in [3.05, 3.63) is 83.7 Å². The molecule has 0 unspecified atom stereocenters. The minimum atomic E-state index is 0.720. The molecule has 0 N–H and O–H groups in total. The number of nitriles is 1. The summed E-state index contributed by atoms with van der Waals surface area (Å²) in [5.41, 5.74) is 5.64. The van der Waals surface area contributed by atoms with Crippen molar-refractivity contribution in [3.8, 4) is 6.07 Å². The van der Waals surface area contributed by atoms with Crippen LogP contribution in [0.15, 0.2) is 61.3 Å². The molecule has 0 saturated carbocycles. The van der Waals surface area contributed by atoms with Crippen molar-refractivity contribution >= 4 is 11.1 Å². The molecule has 0 aliphatic carbocycles. The molecular weight excluding hydrogens is 244 g/mol. The molecule has 2 nitrogen and oxygen atoms in total. The van der Waals surface area contributed by atoms with Gasteiger partial charge in [0.2, 0.25) is 0 Å². The van der Waals surface area contributed by atoms with E-state index in [2.05, 4.69) is 12.6 Å². The first-order chi connectivity index (χ1) is 9.74. The molecule has 0 atom stereocenters. The average molecular weight is 258 g/mol. The van der Waals surface area contributed by atoms with Gasteiger partial charge in [-0.25, -0.2) is 0 Å². The third-order valence-electron chi connectivity index (χ3n) is 3.61.